The molecule has 0 atom stereocenters. The maximum atomic E-state index is 9.61. The average Bonchev–Trinajstić information content (AvgIpc) is 2.33. The monoisotopic (exact) mass is 235 g/mol. The van der Waals surface area contributed by atoms with E-state index in [2.05, 4.69) is 23.6 Å². The third kappa shape index (κ3) is 2.64. The highest BCUT2D eigenvalue weighted by atomic mass is 16.3. The molecule has 1 aromatic carbocycles. The third-order valence-corrected chi connectivity index (χ3v) is 3.42. The van der Waals surface area contributed by atoms with Gasteiger partial charge in [-0.3, -0.25) is 4.90 Å². The molecule has 1 aliphatic heterocycles. The molecule has 0 spiro atoms. The van der Waals surface area contributed by atoms with Crippen molar-refractivity contribution in [3.63, 3.8) is 0 Å². The molecule has 4 heteroatoms. The summed E-state index contributed by atoms with van der Waals surface area (Å²) in [6.45, 7) is 8.60. The lowest BCUT2D eigenvalue weighted by Crippen LogP contribution is -2.48. The summed E-state index contributed by atoms with van der Waals surface area (Å²) in [7, 11) is 0. The van der Waals surface area contributed by atoms with Crippen molar-refractivity contribution >= 4 is 11.4 Å². The first-order valence-corrected chi connectivity index (χ1v) is 6.15. The number of benzene rings is 1. The van der Waals surface area contributed by atoms with Crippen molar-refractivity contribution in [3.8, 4) is 5.75 Å². The van der Waals surface area contributed by atoms with Crippen molar-refractivity contribution in [1.29, 1.82) is 0 Å². The summed E-state index contributed by atoms with van der Waals surface area (Å²) < 4.78 is 0. The first kappa shape index (κ1) is 12.0. The zero-order valence-electron chi connectivity index (χ0n) is 10.6. The van der Waals surface area contributed by atoms with Crippen LogP contribution in [0.1, 0.15) is 13.8 Å². The highest BCUT2D eigenvalue weighted by Crippen LogP contribution is 2.27. The van der Waals surface area contributed by atoms with Gasteiger partial charge in [0, 0.05) is 44.0 Å². The highest BCUT2D eigenvalue weighted by molar-refractivity contribution is 5.61. The number of nitrogens with two attached hydrogens (primary N) is 1. The molecule has 1 aromatic rings. The molecular formula is C13H21N3O. The van der Waals surface area contributed by atoms with E-state index >= 15 is 0 Å². The Labute approximate surface area is 103 Å². The molecule has 0 bridgehead atoms. The van der Waals surface area contributed by atoms with Crippen molar-refractivity contribution in [3.05, 3.63) is 18.2 Å². The highest BCUT2D eigenvalue weighted by Gasteiger charge is 2.19. The van der Waals surface area contributed by atoms with Crippen molar-refractivity contribution in [2.45, 2.75) is 19.9 Å². The summed E-state index contributed by atoms with van der Waals surface area (Å²) in [5.74, 6) is 0.175. The summed E-state index contributed by atoms with van der Waals surface area (Å²) in [6.07, 6.45) is 0. The fourth-order valence-corrected chi connectivity index (χ4v) is 2.23. The molecule has 4 nitrogen and oxygen atoms in total. The van der Waals surface area contributed by atoms with Crippen LogP contribution in [-0.4, -0.2) is 42.2 Å². The van der Waals surface area contributed by atoms with E-state index in [0.717, 1.165) is 31.9 Å². The second kappa shape index (κ2) is 4.84. The Morgan fingerprint density at radius 2 is 1.82 bits per heavy atom. The number of anilines is 2. The number of nitrogen functional groups attached to an aromatic ring is 1. The van der Waals surface area contributed by atoms with Gasteiger partial charge in [0.1, 0.15) is 5.75 Å². The molecule has 0 aromatic heterocycles. The van der Waals surface area contributed by atoms with Crippen LogP contribution >= 0.6 is 0 Å². The number of phenols is 1. The van der Waals surface area contributed by atoms with Gasteiger partial charge >= 0.3 is 0 Å². The molecular weight excluding hydrogens is 214 g/mol. The molecule has 3 N–H and O–H groups in total. The van der Waals surface area contributed by atoms with Gasteiger partial charge in [0.15, 0.2) is 0 Å². The number of nitrogens with zero attached hydrogens (tertiary/aromatic N) is 2. The van der Waals surface area contributed by atoms with Crippen molar-refractivity contribution in [2.24, 2.45) is 0 Å². The van der Waals surface area contributed by atoms with Gasteiger partial charge in [-0.25, -0.2) is 0 Å². The van der Waals surface area contributed by atoms with Crippen LogP contribution in [0, 0.1) is 0 Å². The normalized spacial score (nSPS) is 17.7. The van der Waals surface area contributed by atoms with E-state index in [-0.39, 0.29) is 5.75 Å². The van der Waals surface area contributed by atoms with E-state index in [1.165, 1.54) is 0 Å². The summed E-state index contributed by atoms with van der Waals surface area (Å²) in [4.78, 5) is 4.76. The smallest absolute Gasteiger partial charge is 0.140 e. The van der Waals surface area contributed by atoms with Gasteiger partial charge in [-0.05, 0) is 26.0 Å². The van der Waals surface area contributed by atoms with Gasteiger partial charge in [0.25, 0.3) is 0 Å². The number of piperazine rings is 1. The topological polar surface area (TPSA) is 52.7 Å². The maximum Gasteiger partial charge on any atom is 0.140 e. The van der Waals surface area contributed by atoms with E-state index in [0.29, 0.717) is 11.7 Å². The summed E-state index contributed by atoms with van der Waals surface area (Å²) >= 11 is 0. The van der Waals surface area contributed by atoms with Gasteiger partial charge in [-0.2, -0.15) is 0 Å². The lowest BCUT2D eigenvalue weighted by Gasteiger charge is -2.38. The van der Waals surface area contributed by atoms with Crippen molar-refractivity contribution < 1.29 is 5.11 Å². The van der Waals surface area contributed by atoms with Crippen LogP contribution in [0.5, 0.6) is 5.75 Å². The second-order valence-corrected chi connectivity index (χ2v) is 4.86. The quantitative estimate of drug-likeness (QED) is 0.602. The Hall–Kier alpha value is -1.42. The van der Waals surface area contributed by atoms with E-state index < -0.39 is 0 Å². The third-order valence-electron chi connectivity index (χ3n) is 3.42. The average molecular weight is 235 g/mol. The molecule has 0 unspecified atom stereocenters. The van der Waals surface area contributed by atoms with Crippen LogP contribution in [0.15, 0.2) is 18.2 Å². The fourth-order valence-electron chi connectivity index (χ4n) is 2.23. The first-order chi connectivity index (χ1) is 8.08. The summed E-state index contributed by atoms with van der Waals surface area (Å²) in [5, 5.41) is 9.61. The van der Waals surface area contributed by atoms with Crippen LogP contribution in [0.4, 0.5) is 11.4 Å². The Morgan fingerprint density at radius 1 is 1.18 bits per heavy atom. The lowest BCUT2D eigenvalue weighted by atomic mass is 10.2. The van der Waals surface area contributed by atoms with Gasteiger partial charge in [-0.1, -0.05) is 0 Å². The van der Waals surface area contributed by atoms with Gasteiger partial charge in [-0.15, -0.1) is 0 Å². The molecule has 0 aliphatic carbocycles. The largest absolute Gasteiger partial charge is 0.506 e. The zero-order chi connectivity index (χ0) is 12.4. The first-order valence-electron chi connectivity index (χ1n) is 6.15. The van der Waals surface area contributed by atoms with Crippen LogP contribution < -0.4 is 10.6 Å². The van der Waals surface area contributed by atoms with E-state index in [4.69, 9.17) is 5.73 Å². The van der Waals surface area contributed by atoms with Crippen molar-refractivity contribution in [2.75, 3.05) is 36.8 Å². The standard InChI is InChI=1S/C13H21N3O/c1-10(2)15-5-7-16(8-6-15)11-3-4-12(14)13(17)9-11/h3-4,9-10,17H,5-8,14H2,1-2H3. The molecule has 94 valence electrons. The molecule has 1 heterocycles. The number of hydrogen-bond acceptors (Lipinski definition) is 4. The predicted octanol–water partition coefficient (Wildman–Crippen LogP) is 1.50. The predicted molar refractivity (Wildman–Crippen MR) is 71.4 cm³/mol. The second-order valence-electron chi connectivity index (χ2n) is 4.86. The number of rotatable bonds is 2. The Kier molecular flexibility index (Phi) is 3.43. The van der Waals surface area contributed by atoms with Crippen LogP contribution in [0.3, 0.4) is 0 Å². The van der Waals surface area contributed by atoms with Gasteiger partial charge in [0.05, 0.1) is 5.69 Å². The van der Waals surface area contributed by atoms with Crippen LogP contribution in [0.2, 0.25) is 0 Å². The molecule has 17 heavy (non-hydrogen) atoms. The molecule has 1 fully saturated rings. The van der Waals surface area contributed by atoms with E-state index in [9.17, 15) is 5.11 Å². The lowest BCUT2D eigenvalue weighted by molar-refractivity contribution is 0.209. The summed E-state index contributed by atoms with van der Waals surface area (Å²) in [5.41, 5.74) is 7.10. The van der Waals surface area contributed by atoms with E-state index in [1.54, 1.807) is 12.1 Å². The molecule has 0 saturated carbocycles. The minimum atomic E-state index is 0.175. The van der Waals surface area contributed by atoms with Crippen molar-refractivity contribution in [1.82, 2.24) is 4.90 Å². The molecule has 1 saturated heterocycles. The van der Waals surface area contributed by atoms with Gasteiger partial charge < -0.3 is 15.7 Å². The Balaban J connectivity index is 2.03. The molecule has 0 radical (unpaired) electrons. The van der Waals surface area contributed by atoms with E-state index in [1.807, 2.05) is 6.07 Å². The summed E-state index contributed by atoms with van der Waals surface area (Å²) in [6, 6.07) is 6.09. The minimum Gasteiger partial charge on any atom is -0.506 e. The Bertz CT molecular complexity index is 384. The number of hydrogen-bond donors (Lipinski definition) is 2. The fraction of sp³-hybridized carbons (Fsp3) is 0.538. The van der Waals surface area contributed by atoms with Crippen LogP contribution in [0.25, 0.3) is 0 Å². The molecule has 2 rings (SSSR count). The Morgan fingerprint density at radius 3 is 2.35 bits per heavy atom. The molecule has 0 amide bonds. The number of phenolic OH excluding ortho intramolecular Hbond substituents is 1. The van der Waals surface area contributed by atoms with Crippen LogP contribution in [-0.2, 0) is 0 Å². The molecule has 1 aliphatic rings. The SMILES string of the molecule is CC(C)N1CCN(c2ccc(N)c(O)c2)CC1. The zero-order valence-corrected chi connectivity index (χ0v) is 10.6. The number of aromatic hydroxyl groups is 1. The maximum absolute atomic E-state index is 9.61. The van der Waals surface area contributed by atoms with Gasteiger partial charge in [0.2, 0.25) is 0 Å². The minimum absolute atomic E-state index is 0.175.